The van der Waals surface area contributed by atoms with Gasteiger partial charge >= 0.3 is 0 Å². The molecule has 0 radical (unpaired) electrons. The van der Waals surface area contributed by atoms with Crippen molar-refractivity contribution < 1.29 is 36.2 Å². The number of rotatable bonds is 8. The fourth-order valence-corrected chi connectivity index (χ4v) is 7.12. The Kier molecular flexibility index (Phi) is 8.24. The van der Waals surface area contributed by atoms with Crippen LogP contribution in [0.4, 0.5) is 26.3 Å². The molecule has 1 fully saturated rings. The summed E-state index contributed by atoms with van der Waals surface area (Å²) in [5, 5.41) is 22.2. The summed E-state index contributed by atoms with van der Waals surface area (Å²) in [6.45, 7) is 3.99. The maximum atomic E-state index is 15.3. The summed E-state index contributed by atoms with van der Waals surface area (Å²) < 4.78 is 89.7. The number of aryl methyl sites for hydroxylation is 2. The van der Waals surface area contributed by atoms with Crippen molar-refractivity contribution >= 4 is 16.8 Å². The van der Waals surface area contributed by atoms with Gasteiger partial charge in [0.05, 0.1) is 22.9 Å². The number of carbonyl (C=O) groups is 1. The average molecular weight is 707 g/mol. The number of aromatic nitrogens is 5. The number of aliphatic hydroxyl groups is 1. The van der Waals surface area contributed by atoms with E-state index in [1.807, 2.05) is 25.1 Å². The van der Waals surface area contributed by atoms with Crippen molar-refractivity contribution in [2.24, 2.45) is 13.0 Å². The number of amides is 1. The summed E-state index contributed by atoms with van der Waals surface area (Å²) in [7, 11) is 1.76. The first-order valence-electron chi connectivity index (χ1n) is 16.2. The van der Waals surface area contributed by atoms with Gasteiger partial charge in [-0.3, -0.25) is 14.2 Å². The Morgan fingerprint density at radius 3 is 2.49 bits per heavy atom. The van der Waals surface area contributed by atoms with Crippen LogP contribution in [0.15, 0.2) is 48.5 Å². The minimum Gasteiger partial charge on any atom is -0.378 e. The molecule has 264 valence electrons. The highest BCUT2D eigenvalue weighted by atomic mass is 19.3. The van der Waals surface area contributed by atoms with Gasteiger partial charge in [0.25, 0.3) is 12.3 Å². The van der Waals surface area contributed by atoms with Gasteiger partial charge < -0.3 is 10.4 Å². The zero-order valence-corrected chi connectivity index (χ0v) is 27.9. The van der Waals surface area contributed by atoms with Gasteiger partial charge in [-0.2, -0.15) is 19.0 Å². The van der Waals surface area contributed by atoms with Crippen LogP contribution < -0.4 is 5.32 Å². The number of carbonyl (C=O) groups excluding carboxylic acids is 1. The van der Waals surface area contributed by atoms with Crippen LogP contribution in [0.5, 0.6) is 0 Å². The number of nitrogens with zero attached hydrogens (tertiary/aromatic N) is 5. The zero-order valence-electron chi connectivity index (χ0n) is 27.9. The van der Waals surface area contributed by atoms with Crippen LogP contribution in [-0.4, -0.2) is 41.2 Å². The number of hydrogen-bond donors (Lipinski definition) is 2. The van der Waals surface area contributed by atoms with E-state index in [1.165, 1.54) is 13.8 Å². The number of nitrogens with one attached hydrogen (secondary N) is 1. The normalized spacial score (nSPS) is 18.0. The molecule has 3 aromatic heterocycles. The molecule has 3 atom stereocenters. The standard InChI is InChI=1S/C37H32F6N6O2/c1-18-23-6-5-7-25(33(23)48(4)46-18)24-9-8-22(10-11-36(2,3)51)44-31(24)28(14-19-12-20(38)15-21(39)13-19)45-29(50)17-49-34-30(32(47-49)35(40)41)26-16-27(26)37(34,42)43/h5-9,12-13,15,26-28,35,51H,14,16-17H2,1-4H3,(H,45,50)/t26-,27+,28-/m0/s1. The van der Waals surface area contributed by atoms with E-state index in [4.69, 9.17) is 4.98 Å². The van der Waals surface area contributed by atoms with Crippen molar-refractivity contribution in [2.45, 2.75) is 70.1 Å². The molecule has 2 N–H and O–H groups in total. The lowest BCUT2D eigenvalue weighted by Crippen LogP contribution is -2.35. The molecule has 7 rings (SSSR count). The zero-order chi connectivity index (χ0) is 36.6. The first-order valence-corrected chi connectivity index (χ1v) is 16.2. The molecule has 0 spiro atoms. The predicted octanol–water partition coefficient (Wildman–Crippen LogP) is 6.79. The molecule has 2 aliphatic rings. The van der Waals surface area contributed by atoms with E-state index in [9.17, 15) is 27.5 Å². The topological polar surface area (TPSA) is 97.9 Å². The van der Waals surface area contributed by atoms with Crippen LogP contribution in [0.1, 0.15) is 78.3 Å². The number of para-hydroxylation sites is 1. The van der Waals surface area contributed by atoms with Crippen molar-refractivity contribution in [1.82, 2.24) is 29.9 Å². The third kappa shape index (κ3) is 6.35. The Morgan fingerprint density at radius 1 is 1.08 bits per heavy atom. The molecule has 0 bridgehead atoms. The number of pyridine rings is 1. The molecular weight excluding hydrogens is 674 g/mol. The molecule has 1 saturated carbocycles. The fourth-order valence-electron chi connectivity index (χ4n) is 7.12. The second-order valence-electron chi connectivity index (χ2n) is 13.6. The van der Waals surface area contributed by atoms with Gasteiger partial charge in [-0.15, -0.1) is 0 Å². The SMILES string of the molecule is Cc1nn(C)c2c(-c3ccc(C#CC(C)(C)O)nc3[C@H](Cc3cc(F)cc(F)c3)NC(=O)Cn3nc(C(F)F)c4c3C(F)(F)[C@@H]3C[C@H]43)cccc12. The lowest BCUT2D eigenvalue weighted by atomic mass is 9.93. The molecule has 5 aromatic rings. The summed E-state index contributed by atoms with van der Waals surface area (Å²) in [6.07, 6.45) is -3.27. The van der Waals surface area contributed by atoms with Gasteiger partial charge in [0, 0.05) is 41.1 Å². The van der Waals surface area contributed by atoms with E-state index < -0.39 is 71.3 Å². The Balaban J connectivity index is 1.35. The number of fused-ring (bicyclic) bond motifs is 4. The minimum absolute atomic E-state index is 0.0635. The Morgan fingerprint density at radius 2 is 1.80 bits per heavy atom. The summed E-state index contributed by atoms with van der Waals surface area (Å²) >= 11 is 0. The van der Waals surface area contributed by atoms with Crippen molar-refractivity contribution in [3.05, 3.63) is 99.8 Å². The van der Waals surface area contributed by atoms with E-state index >= 15 is 8.78 Å². The Labute approximate surface area is 288 Å². The minimum atomic E-state index is -3.44. The molecule has 8 nitrogen and oxygen atoms in total. The van der Waals surface area contributed by atoms with Crippen molar-refractivity contribution in [3.8, 4) is 23.0 Å². The first-order chi connectivity index (χ1) is 24.0. The smallest absolute Gasteiger partial charge is 0.293 e. The lowest BCUT2D eigenvalue weighted by molar-refractivity contribution is -0.123. The second kappa shape index (κ2) is 12.3. The molecule has 3 heterocycles. The number of hydrogen-bond acceptors (Lipinski definition) is 5. The van der Waals surface area contributed by atoms with E-state index in [-0.39, 0.29) is 35.4 Å². The average Bonchev–Trinajstić information content (AvgIpc) is 3.60. The third-order valence-corrected chi connectivity index (χ3v) is 9.25. The van der Waals surface area contributed by atoms with Crippen LogP contribution in [0, 0.1) is 36.3 Å². The predicted molar refractivity (Wildman–Crippen MR) is 175 cm³/mol. The molecule has 51 heavy (non-hydrogen) atoms. The second-order valence-corrected chi connectivity index (χ2v) is 13.6. The summed E-state index contributed by atoms with van der Waals surface area (Å²) in [5.41, 5.74) is 0.0988. The van der Waals surface area contributed by atoms with Crippen molar-refractivity contribution in [3.63, 3.8) is 0 Å². The molecule has 1 amide bonds. The van der Waals surface area contributed by atoms with Crippen LogP contribution in [0.2, 0.25) is 0 Å². The van der Waals surface area contributed by atoms with Gasteiger partial charge in [-0.05, 0) is 75.3 Å². The molecule has 2 aliphatic carbocycles. The largest absolute Gasteiger partial charge is 0.378 e. The van der Waals surface area contributed by atoms with Gasteiger partial charge in [0.1, 0.15) is 40.9 Å². The maximum absolute atomic E-state index is 15.3. The Bertz CT molecular complexity index is 2260. The van der Waals surface area contributed by atoms with Gasteiger partial charge in [0.15, 0.2) is 0 Å². The highest BCUT2D eigenvalue weighted by molar-refractivity contribution is 5.96. The van der Waals surface area contributed by atoms with E-state index in [0.717, 1.165) is 28.7 Å². The van der Waals surface area contributed by atoms with Crippen LogP contribution in [0.3, 0.4) is 0 Å². The summed E-state index contributed by atoms with van der Waals surface area (Å²) in [5.74, 6) is -2.41. The van der Waals surface area contributed by atoms with Gasteiger partial charge in [-0.1, -0.05) is 24.1 Å². The van der Waals surface area contributed by atoms with Crippen LogP contribution in [0.25, 0.3) is 22.0 Å². The molecule has 14 heteroatoms. The third-order valence-electron chi connectivity index (χ3n) is 9.25. The lowest BCUT2D eigenvalue weighted by Gasteiger charge is -2.23. The molecule has 2 aromatic carbocycles. The molecule has 0 saturated heterocycles. The van der Waals surface area contributed by atoms with Crippen LogP contribution >= 0.6 is 0 Å². The fraction of sp³-hybridized carbons (Fsp3) is 0.351. The number of alkyl halides is 4. The number of benzene rings is 2. The Hall–Kier alpha value is -5.16. The van der Waals surface area contributed by atoms with Gasteiger partial charge in [0.2, 0.25) is 5.91 Å². The summed E-state index contributed by atoms with van der Waals surface area (Å²) in [4.78, 5) is 18.6. The highest BCUT2D eigenvalue weighted by Gasteiger charge is 2.67. The number of halogens is 6. The monoisotopic (exact) mass is 706 g/mol. The first kappa shape index (κ1) is 34.3. The van der Waals surface area contributed by atoms with E-state index in [0.29, 0.717) is 21.9 Å². The van der Waals surface area contributed by atoms with Crippen molar-refractivity contribution in [1.29, 1.82) is 0 Å². The van der Waals surface area contributed by atoms with Crippen LogP contribution in [-0.2, 0) is 30.7 Å². The highest BCUT2D eigenvalue weighted by Crippen LogP contribution is 2.68. The summed E-state index contributed by atoms with van der Waals surface area (Å²) in [6, 6.07) is 10.6. The molecule has 0 unspecified atom stereocenters. The van der Waals surface area contributed by atoms with Crippen molar-refractivity contribution in [2.75, 3.05) is 0 Å². The maximum Gasteiger partial charge on any atom is 0.293 e. The van der Waals surface area contributed by atoms with Gasteiger partial charge in [-0.25, -0.2) is 22.5 Å². The van der Waals surface area contributed by atoms with E-state index in [1.54, 1.807) is 23.9 Å². The quantitative estimate of drug-likeness (QED) is 0.137. The molecule has 0 aliphatic heterocycles. The molecular formula is C37H32F6N6O2. The van der Waals surface area contributed by atoms with E-state index in [2.05, 4.69) is 27.4 Å².